The molecule has 33 heavy (non-hydrogen) atoms. The van der Waals surface area contributed by atoms with E-state index in [0.29, 0.717) is 35.9 Å². The molecule has 1 aliphatic rings. The summed E-state index contributed by atoms with van der Waals surface area (Å²) in [5.41, 5.74) is 1.78. The Hall–Kier alpha value is -3.19. The van der Waals surface area contributed by atoms with E-state index in [4.69, 9.17) is 4.74 Å². The molecule has 0 saturated carbocycles. The summed E-state index contributed by atoms with van der Waals surface area (Å²) >= 11 is 0. The number of ether oxygens (including phenoxy) is 1. The van der Waals surface area contributed by atoms with E-state index >= 15 is 0 Å². The molecule has 0 aromatic heterocycles. The van der Waals surface area contributed by atoms with E-state index in [-0.39, 0.29) is 17.9 Å². The first-order chi connectivity index (χ1) is 15.6. The van der Waals surface area contributed by atoms with Gasteiger partial charge in [-0.1, -0.05) is 26.0 Å². The maximum atomic E-state index is 13.6. The molecule has 1 amide bonds. The number of aryl methyl sites for hydroxylation is 1. The van der Waals surface area contributed by atoms with Gasteiger partial charge in [0.25, 0.3) is 11.7 Å². The van der Waals surface area contributed by atoms with Crippen molar-refractivity contribution in [3.8, 4) is 5.75 Å². The third-order valence-electron chi connectivity index (χ3n) is 5.53. The molecule has 2 aromatic rings. The summed E-state index contributed by atoms with van der Waals surface area (Å²) < 4.78 is 19.4. The van der Waals surface area contributed by atoms with Crippen molar-refractivity contribution in [1.82, 2.24) is 9.80 Å². The number of benzene rings is 2. The minimum Gasteiger partial charge on any atom is -0.507 e. The highest BCUT2D eigenvalue weighted by molar-refractivity contribution is 6.46. The van der Waals surface area contributed by atoms with Gasteiger partial charge < -0.3 is 19.6 Å². The van der Waals surface area contributed by atoms with Crippen LogP contribution in [-0.2, 0) is 9.59 Å². The number of carbonyl (C=O) groups excluding carboxylic acids is 2. The van der Waals surface area contributed by atoms with Crippen LogP contribution >= 0.6 is 0 Å². The second-order valence-corrected chi connectivity index (χ2v) is 9.03. The second-order valence-electron chi connectivity index (χ2n) is 9.03. The number of rotatable bonds is 8. The van der Waals surface area contributed by atoms with E-state index in [9.17, 15) is 19.1 Å². The van der Waals surface area contributed by atoms with Gasteiger partial charge >= 0.3 is 0 Å². The molecule has 0 radical (unpaired) electrons. The van der Waals surface area contributed by atoms with Crippen molar-refractivity contribution in [1.29, 1.82) is 0 Å². The molecule has 1 aliphatic heterocycles. The summed E-state index contributed by atoms with van der Waals surface area (Å²) in [6, 6.07) is 10.0. The van der Waals surface area contributed by atoms with Crippen molar-refractivity contribution in [2.45, 2.75) is 26.8 Å². The maximum Gasteiger partial charge on any atom is 0.295 e. The van der Waals surface area contributed by atoms with Gasteiger partial charge in [-0.15, -0.1) is 0 Å². The van der Waals surface area contributed by atoms with E-state index in [1.54, 1.807) is 18.2 Å². The van der Waals surface area contributed by atoms with Gasteiger partial charge in [-0.2, -0.15) is 0 Å². The maximum absolute atomic E-state index is 13.6. The van der Waals surface area contributed by atoms with Crippen LogP contribution in [0.25, 0.3) is 5.76 Å². The van der Waals surface area contributed by atoms with E-state index in [1.807, 2.05) is 25.9 Å². The number of carbonyl (C=O) groups is 2. The summed E-state index contributed by atoms with van der Waals surface area (Å²) in [6.45, 7) is 7.36. The van der Waals surface area contributed by atoms with Crippen LogP contribution < -0.4 is 4.74 Å². The number of aliphatic hydroxyl groups is 1. The lowest BCUT2D eigenvalue weighted by molar-refractivity contribution is -0.140. The Kier molecular flexibility index (Phi) is 7.53. The highest BCUT2D eigenvalue weighted by Crippen LogP contribution is 2.39. The SMILES string of the molecule is Cc1cc(/C(O)=C2/C(=O)C(=O)N(CCN(C)C)C2c2ccc(F)cc2)ccc1OCC(C)C. The number of hydrogen-bond donors (Lipinski definition) is 1. The normalized spacial score (nSPS) is 17.9. The Morgan fingerprint density at radius 2 is 1.82 bits per heavy atom. The Morgan fingerprint density at radius 1 is 1.15 bits per heavy atom. The number of aliphatic hydroxyl groups excluding tert-OH is 1. The first kappa shape index (κ1) is 24.5. The predicted molar refractivity (Wildman–Crippen MR) is 125 cm³/mol. The van der Waals surface area contributed by atoms with Gasteiger partial charge in [0.15, 0.2) is 0 Å². The highest BCUT2D eigenvalue weighted by atomic mass is 19.1. The molecule has 0 spiro atoms. The molecular formula is C26H31FN2O4. The third-order valence-corrected chi connectivity index (χ3v) is 5.53. The number of halogens is 1. The Morgan fingerprint density at radius 3 is 2.39 bits per heavy atom. The van der Waals surface area contributed by atoms with Crippen LogP contribution in [0.3, 0.4) is 0 Å². The Labute approximate surface area is 194 Å². The van der Waals surface area contributed by atoms with E-state index in [2.05, 4.69) is 13.8 Å². The van der Waals surface area contributed by atoms with Gasteiger partial charge in [-0.25, -0.2) is 4.39 Å². The van der Waals surface area contributed by atoms with Crippen molar-refractivity contribution < 1.29 is 23.8 Å². The number of Topliss-reactive ketones (excluding diaryl/α,β-unsaturated/α-hetero) is 1. The van der Waals surface area contributed by atoms with Crippen LogP contribution in [-0.4, -0.2) is 60.4 Å². The zero-order chi connectivity index (χ0) is 24.3. The van der Waals surface area contributed by atoms with E-state index in [0.717, 1.165) is 5.56 Å². The quantitative estimate of drug-likeness (QED) is 0.369. The van der Waals surface area contributed by atoms with E-state index in [1.165, 1.54) is 29.2 Å². The van der Waals surface area contributed by atoms with Crippen LogP contribution in [0, 0.1) is 18.7 Å². The summed E-state index contributed by atoms with van der Waals surface area (Å²) in [7, 11) is 3.74. The average molecular weight is 455 g/mol. The fraction of sp³-hybridized carbons (Fsp3) is 0.385. The lowest BCUT2D eigenvalue weighted by Gasteiger charge is -2.26. The largest absolute Gasteiger partial charge is 0.507 e. The fourth-order valence-electron chi connectivity index (χ4n) is 3.78. The number of ketones is 1. The van der Waals surface area contributed by atoms with Gasteiger partial charge in [0.2, 0.25) is 0 Å². The Balaban J connectivity index is 2.06. The molecule has 1 fully saturated rings. The van der Waals surface area contributed by atoms with Crippen LogP contribution in [0.1, 0.15) is 36.6 Å². The molecule has 7 heteroatoms. The molecule has 0 bridgehead atoms. The van der Waals surface area contributed by atoms with Gasteiger partial charge in [0.05, 0.1) is 18.2 Å². The van der Waals surface area contributed by atoms with Gasteiger partial charge in [0.1, 0.15) is 17.3 Å². The molecule has 1 saturated heterocycles. The minimum absolute atomic E-state index is 0.000568. The number of likely N-dealkylation sites (tertiary alicyclic amines) is 1. The summed E-state index contributed by atoms with van der Waals surface area (Å²) in [6.07, 6.45) is 0. The number of nitrogens with zero attached hydrogens (tertiary/aromatic N) is 2. The van der Waals surface area contributed by atoms with Crippen molar-refractivity contribution in [2.24, 2.45) is 5.92 Å². The van der Waals surface area contributed by atoms with Crippen molar-refractivity contribution in [3.05, 3.63) is 70.5 Å². The van der Waals surface area contributed by atoms with Crippen LogP contribution in [0.2, 0.25) is 0 Å². The molecule has 176 valence electrons. The minimum atomic E-state index is -0.803. The molecule has 1 heterocycles. The summed E-state index contributed by atoms with van der Waals surface area (Å²) in [5, 5.41) is 11.2. The molecular weight excluding hydrogens is 423 g/mol. The van der Waals surface area contributed by atoms with Crippen molar-refractivity contribution >= 4 is 17.4 Å². The predicted octanol–water partition coefficient (Wildman–Crippen LogP) is 4.15. The summed E-state index contributed by atoms with van der Waals surface area (Å²) in [5.74, 6) is -1.04. The van der Waals surface area contributed by atoms with E-state index < -0.39 is 23.5 Å². The smallest absolute Gasteiger partial charge is 0.295 e. The first-order valence-electron chi connectivity index (χ1n) is 11.0. The zero-order valence-corrected chi connectivity index (χ0v) is 19.8. The average Bonchev–Trinajstić information content (AvgIpc) is 3.01. The number of amides is 1. The highest BCUT2D eigenvalue weighted by Gasteiger charge is 2.45. The number of hydrogen-bond acceptors (Lipinski definition) is 5. The van der Waals surface area contributed by atoms with Gasteiger partial charge in [0, 0.05) is 18.7 Å². The van der Waals surface area contributed by atoms with Gasteiger partial charge in [-0.3, -0.25) is 9.59 Å². The Bertz CT molecular complexity index is 1060. The first-order valence-corrected chi connectivity index (χ1v) is 11.0. The fourth-order valence-corrected chi connectivity index (χ4v) is 3.78. The van der Waals surface area contributed by atoms with Crippen molar-refractivity contribution in [3.63, 3.8) is 0 Å². The summed E-state index contributed by atoms with van der Waals surface area (Å²) in [4.78, 5) is 29.3. The van der Waals surface area contributed by atoms with Crippen molar-refractivity contribution in [2.75, 3.05) is 33.8 Å². The molecule has 6 nitrogen and oxygen atoms in total. The molecule has 2 aromatic carbocycles. The topological polar surface area (TPSA) is 70.1 Å². The monoisotopic (exact) mass is 454 g/mol. The molecule has 3 rings (SSSR count). The number of likely N-dealkylation sites (N-methyl/N-ethyl adjacent to an activating group) is 1. The lowest BCUT2D eigenvalue weighted by atomic mass is 9.94. The molecule has 1 atom stereocenters. The lowest BCUT2D eigenvalue weighted by Crippen LogP contribution is -2.35. The van der Waals surface area contributed by atoms with Crippen LogP contribution in [0.4, 0.5) is 4.39 Å². The molecule has 0 aliphatic carbocycles. The third kappa shape index (κ3) is 5.42. The standard InChI is InChI=1S/C26H31FN2O4/c1-16(2)15-33-21-11-8-19(14-17(21)3)24(30)22-23(18-6-9-20(27)10-7-18)29(13-12-28(4)5)26(32)25(22)31/h6-11,14,16,23,30H,12-13,15H2,1-5H3/b24-22-. The zero-order valence-electron chi connectivity index (χ0n) is 19.8. The molecule has 1 N–H and O–H groups in total. The second kappa shape index (κ2) is 10.2. The van der Waals surface area contributed by atoms with Crippen LogP contribution in [0.5, 0.6) is 5.75 Å². The van der Waals surface area contributed by atoms with Gasteiger partial charge in [-0.05, 0) is 68.4 Å². The van der Waals surface area contributed by atoms with Crippen LogP contribution in [0.15, 0.2) is 48.0 Å². The molecule has 1 unspecified atom stereocenters.